The summed E-state index contributed by atoms with van der Waals surface area (Å²) in [5, 5.41) is 0. The Kier molecular flexibility index (Phi) is 9.48. The molecule has 4 rings (SSSR count). The Morgan fingerprint density at radius 3 is 2.12 bits per heavy atom. The maximum Gasteiger partial charge on any atom is 0.330 e. The Bertz CT molecular complexity index is 1620. The Balaban J connectivity index is 1.42. The van der Waals surface area contributed by atoms with E-state index in [0.717, 1.165) is 4.57 Å². The van der Waals surface area contributed by atoms with E-state index < -0.39 is 73.6 Å². The second-order valence-corrected chi connectivity index (χ2v) is 11.2. The zero-order valence-electron chi connectivity index (χ0n) is 24.2. The molecule has 2 fully saturated rings. The van der Waals surface area contributed by atoms with Crippen molar-refractivity contribution in [3.05, 3.63) is 65.2 Å². The minimum atomic E-state index is -3.24. The van der Waals surface area contributed by atoms with Crippen LogP contribution in [0.25, 0.3) is 0 Å². The number of hydrogen-bond donors (Lipinski definition) is 2. The van der Waals surface area contributed by atoms with Gasteiger partial charge < -0.3 is 28.1 Å². The summed E-state index contributed by atoms with van der Waals surface area (Å²) < 4.78 is 51.0. The van der Waals surface area contributed by atoms with Crippen LogP contribution in [0.1, 0.15) is 64.5 Å². The lowest BCUT2D eigenvalue weighted by atomic mass is 10.1. The smallest absolute Gasteiger partial charge is 0.330 e. The first-order valence-corrected chi connectivity index (χ1v) is 14.3. The van der Waals surface area contributed by atoms with E-state index in [1.165, 1.54) is 37.7 Å². The van der Waals surface area contributed by atoms with E-state index in [4.69, 9.17) is 24.6 Å². The molecular formula is C25H33N4O12P. The van der Waals surface area contributed by atoms with E-state index in [-0.39, 0.29) is 56.1 Å². The summed E-state index contributed by atoms with van der Waals surface area (Å²) in [7, 11) is -3.24. The first-order valence-electron chi connectivity index (χ1n) is 13.8. The first-order chi connectivity index (χ1) is 20.4. The summed E-state index contributed by atoms with van der Waals surface area (Å²) in [5.41, 5.74) is -2.03. The Hall–Kier alpha value is -3.43. The van der Waals surface area contributed by atoms with Crippen LogP contribution in [0.4, 0.5) is 0 Å². The number of ether oxygens (including phenoxy) is 3. The number of hydrogen-bond acceptors (Lipinski definition) is 12. The Morgan fingerprint density at radius 2 is 1.55 bits per heavy atom. The van der Waals surface area contributed by atoms with Crippen molar-refractivity contribution in [2.24, 2.45) is 0 Å². The van der Waals surface area contributed by atoms with E-state index in [0.29, 0.717) is 0 Å². The third-order valence-electron chi connectivity index (χ3n) is 6.85. The second kappa shape index (κ2) is 13.3. The number of Topliss-reactive ketones (excluding diaryl/α,β-unsaturated/α-hetero) is 1. The highest BCUT2D eigenvalue weighted by molar-refractivity contribution is 7.33. The molecular weight excluding hydrogens is 579 g/mol. The number of H-pyrrole nitrogens is 2. The molecule has 0 radical (unpaired) electrons. The van der Waals surface area contributed by atoms with Gasteiger partial charge in [-0.1, -0.05) is 0 Å². The van der Waals surface area contributed by atoms with Gasteiger partial charge in [-0.2, -0.15) is 0 Å². The highest BCUT2D eigenvalue weighted by atomic mass is 31.1. The minimum absolute atomic E-state index is 0.000580. The Labute approximate surface area is 240 Å². The predicted molar refractivity (Wildman–Crippen MR) is 144 cm³/mol. The van der Waals surface area contributed by atoms with Gasteiger partial charge in [0.1, 0.15) is 30.4 Å². The second-order valence-electron chi connectivity index (χ2n) is 10.1. The molecule has 7 atom stereocenters. The fraction of sp³-hybridized carbons (Fsp3) is 0.600. The first kappa shape index (κ1) is 30.0. The number of carbonyl (C=O) groups is 2. The van der Waals surface area contributed by atoms with Gasteiger partial charge in [-0.15, -0.1) is 0 Å². The lowest BCUT2D eigenvalue weighted by Crippen LogP contribution is -2.33. The van der Waals surface area contributed by atoms with Crippen LogP contribution in [0.2, 0.25) is 0 Å². The standard InChI is InChI=1S/C25H33N4O12P/c1-12-9-28(24(34)26-22(12)32)19-7-16(15(4)38-19)41-42(36)37-11-18-17(40-21(31)6-5-14(3)30)8-20(39-18)29-10-13(2)23(33)27-25(29)35/h9-10,15-20,42H,5-8,11H2,1-4H3,(H,26,32,34)(H,27,33,35)/t15-,16-,17-,18-,19-,20-/m1/s1/i4D. The number of esters is 1. The predicted octanol–water partition coefficient (Wildman–Crippen LogP) is 0.371. The molecule has 2 saturated heterocycles. The van der Waals surface area contributed by atoms with Gasteiger partial charge in [0.2, 0.25) is 0 Å². The molecule has 4 heterocycles. The quantitative estimate of drug-likeness (QED) is 0.260. The van der Waals surface area contributed by atoms with Crippen LogP contribution in [0.3, 0.4) is 0 Å². The van der Waals surface area contributed by atoms with Gasteiger partial charge in [0.25, 0.3) is 11.1 Å². The molecule has 0 aromatic carbocycles. The number of nitrogens with zero attached hydrogens (tertiary/aromatic N) is 2. The van der Waals surface area contributed by atoms with Crippen LogP contribution >= 0.6 is 8.25 Å². The van der Waals surface area contributed by atoms with Crippen molar-refractivity contribution in [2.75, 3.05) is 6.61 Å². The molecule has 0 aliphatic carbocycles. The third-order valence-corrected chi connectivity index (χ3v) is 7.75. The number of nitrogens with one attached hydrogen (secondary N) is 2. The van der Waals surface area contributed by atoms with Crippen molar-refractivity contribution in [1.29, 1.82) is 0 Å². The molecule has 0 amide bonds. The van der Waals surface area contributed by atoms with Crippen LogP contribution in [0.15, 0.2) is 31.6 Å². The van der Waals surface area contributed by atoms with E-state index in [1.807, 2.05) is 0 Å². The monoisotopic (exact) mass is 613 g/mol. The van der Waals surface area contributed by atoms with Crippen molar-refractivity contribution in [1.82, 2.24) is 19.1 Å². The highest BCUT2D eigenvalue weighted by Gasteiger charge is 2.41. The van der Waals surface area contributed by atoms with Crippen molar-refractivity contribution in [3.63, 3.8) is 0 Å². The summed E-state index contributed by atoms with van der Waals surface area (Å²) in [5.74, 6) is -0.878. The van der Waals surface area contributed by atoms with Gasteiger partial charge in [-0.25, -0.2) is 9.59 Å². The largest absolute Gasteiger partial charge is 0.459 e. The van der Waals surface area contributed by atoms with Crippen molar-refractivity contribution >= 4 is 20.0 Å². The molecule has 230 valence electrons. The van der Waals surface area contributed by atoms with Gasteiger partial charge in [-0.05, 0) is 27.7 Å². The van der Waals surface area contributed by atoms with E-state index in [2.05, 4.69) is 9.97 Å². The molecule has 2 aliphatic heterocycles. The SMILES string of the molecule is [2H]C[C@H]1O[C@@H](n2cc(C)c(=O)[nH]c2=O)C[C@H]1O[PH](=O)OC[C@H]1O[C@@H](n2cc(C)c(=O)[nH]c2=O)C[C@H]1OC(=O)CCC(C)=O. The van der Waals surface area contributed by atoms with Gasteiger partial charge in [0.05, 0.1) is 25.2 Å². The fourth-order valence-corrected chi connectivity index (χ4v) is 5.42. The van der Waals surface area contributed by atoms with Crippen LogP contribution in [0, 0.1) is 13.8 Å². The summed E-state index contributed by atoms with van der Waals surface area (Å²) >= 11 is 0. The molecule has 2 aliphatic rings. The number of ketones is 1. The van der Waals surface area contributed by atoms with Crippen molar-refractivity contribution in [2.45, 2.75) is 90.2 Å². The molecule has 2 aromatic rings. The Morgan fingerprint density at radius 1 is 0.976 bits per heavy atom. The molecule has 42 heavy (non-hydrogen) atoms. The van der Waals surface area contributed by atoms with Crippen LogP contribution in [-0.4, -0.2) is 61.9 Å². The maximum absolute atomic E-state index is 12.8. The normalized spacial score (nSPS) is 26.6. The van der Waals surface area contributed by atoms with Crippen molar-refractivity contribution in [3.8, 4) is 0 Å². The van der Waals surface area contributed by atoms with Crippen LogP contribution in [0.5, 0.6) is 0 Å². The number of carbonyl (C=O) groups excluding carboxylic acids is 2. The molecule has 0 spiro atoms. The number of aromatic amines is 2. The molecule has 0 saturated carbocycles. The number of aromatic nitrogens is 4. The van der Waals surface area contributed by atoms with Gasteiger partial charge >= 0.3 is 25.6 Å². The molecule has 16 nitrogen and oxygen atoms in total. The van der Waals surface area contributed by atoms with Gasteiger partial charge in [0, 0.05) is 44.2 Å². The fourth-order valence-electron chi connectivity index (χ4n) is 4.56. The lowest BCUT2D eigenvalue weighted by molar-refractivity contribution is -0.153. The zero-order valence-corrected chi connectivity index (χ0v) is 24.2. The third kappa shape index (κ3) is 7.50. The number of rotatable bonds is 11. The topological polar surface area (TPSA) is 207 Å². The van der Waals surface area contributed by atoms with E-state index >= 15 is 0 Å². The van der Waals surface area contributed by atoms with E-state index in [1.54, 1.807) is 0 Å². The molecule has 17 heteroatoms. The number of aryl methyl sites for hydroxylation is 2. The van der Waals surface area contributed by atoms with Crippen LogP contribution in [-0.2, 0) is 37.4 Å². The van der Waals surface area contributed by atoms with Crippen LogP contribution < -0.4 is 22.5 Å². The lowest BCUT2D eigenvalue weighted by Gasteiger charge is -2.20. The molecule has 2 N–H and O–H groups in total. The summed E-state index contributed by atoms with van der Waals surface area (Å²) in [6.07, 6.45) is -3.03. The highest BCUT2D eigenvalue weighted by Crippen LogP contribution is 2.38. The minimum Gasteiger partial charge on any atom is -0.459 e. The van der Waals surface area contributed by atoms with Gasteiger partial charge in [0.15, 0.2) is 0 Å². The van der Waals surface area contributed by atoms with Crippen molar-refractivity contribution < 1.29 is 38.8 Å². The molecule has 0 bridgehead atoms. The molecule has 2 aromatic heterocycles. The summed E-state index contributed by atoms with van der Waals surface area (Å²) in [6, 6.07) is 0. The summed E-state index contributed by atoms with van der Waals surface area (Å²) in [4.78, 5) is 76.2. The molecule has 1 unspecified atom stereocenters. The maximum atomic E-state index is 12.8. The zero-order chi connectivity index (χ0) is 31.4. The van der Waals surface area contributed by atoms with Gasteiger partial charge in [-0.3, -0.25) is 38.1 Å². The average Bonchev–Trinajstić information content (AvgIpc) is 3.53. The van der Waals surface area contributed by atoms with E-state index in [9.17, 15) is 33.3 Å². The average molecular weight is 614 g/mol. The summed E-state index contributed by atoms with van der Waals surface area (Å²) in [6.45, 7) is 3.71.